The van der Waals surface area contributed by atoms with Gasteiger partial charge >= 0.3 is 0 Å². The number of hydrogen-bond donors (Lipinski definition) is 0. The van der Waals surface area contributed by atoms with Crippen LogP contribution < -0.4 is 4.74 Å². The summed E-state index contributed by atoms with van der Waals surface area (Å²) in [6.07, 6.45) is 3.98. The topological polar surface area (TPSA) is 47.4 Å². The highest BCUT2D eigenvalue weighted by atomic mass is 32.2. The zero-order valence-electron chi connectivity index (χ0n) is 20.1. The minimum absolute atomic E-state index is 0.0426. The smallest absolute Gasteiger partial charge is 0.266 e. The highest BCUT2D eigenvalue weighted by Crippen LogP contribution is 2.36. The molecular weight excluding hydrogens is 462 g/mol. The number of thiocarbonyl (C=S) groups is 1. The fourth-order valence-corrected chi connectivity index (χ4v) is 5.04. The molecule has 0 saturated carbocycles. The normalized spacial score (nSPS) is 15.3. The molecule has 1 amide bonds. The number of thioether (sulfide) groups is 1. The van der Waals surface area contributed by atoms with Crippen molar-refractivity contribution in [2.45, 2.75) is 40.7 Å². The van der Waals surface area contributed by atoms with Crippen molar-refractivity contribution in [3.05, 3.63) is 70.8 Å². The third-order valence-corrected chi connectivity index (χ3v) is 6.66. The van der Waals surface area contributed by atoms with Gasteiger partial charge in [0.05, 0.1) is 16.7 Å². The number of nitrogens with zero attached hydrogens (tertiary/aromatic N) is 3. The lowest BCUT2D eigenvalue weighted by atomic mass is 10.0. The molecule has 34 heavy (non-hydrogen) atoms. The number of hydrogen-bond acceptors (Lipinski definition) is 5. The molecule has 1 aromatic heterocycles. The van der Waals surface area contributed by atoms with Gasteiger partial charge in [0.2, 0.25) is 0 Å². The maximum absolute atomic E-state index is 13.1. The molecule has 1 aliphatic heterocycles. The Bertz CT molecular complexity index is 1250. The third-order valence-electron chi connectivity index (χ3n) is 5.28. The summed E-state index contributed by atoms with van der Waals surface area (Å²) in [5.74, 6) is 1.16. The Morgan fingerprint density at radius 1 is 1.12 bits per heavy atom. The molecule has 7 heteroatoms. The molecule has 1 saturated heterocycles. The fraction of sp³-hybridized carbons (Fsp3) is 0.296. The van der Waals surface area contributed by atoms with E-state index < -0.39 is 0 Å². The Labute approximate surface area is 210 Å². The molecule has 2 heterocycles. The molecule has 0 unspecified atom stereocenters. The van der Waals surface area contributed by atoms with Gasteiger partial charge in [0.25, 0.3) is 5.91 Å². The van der Waals surface area contributed by atoms with Gasteiger partial charge in [-0.15, -0.1) is 0 Å². The summed E-state index contributed by atoms with van der Waals surface area (Å²) < 4.78 is 8.37. The lowest BCUT2D eigenvalue weighted by molar-refractivity contribution is -0.122. The summed E-state index contributed by atoms with van der Waals surface area (Å²) in [6.45, 7) is 10.9. The van der Waals surface area contributed by atoms with Gasteiger partial charge in [-0.1, -0.05) is 56.0 Å². The van der Waals surface area contributed by atoms with Crippen LogP contribution in [0.25, 0.3) is 23.0 Å². The van der Waals surface area contributed by atoms with Gasteiger partial charge in [-0.2, -0.15) is 5.10 Å². The van der Waals surface area contributed by atoms with Crippen LogP contribution in [0.4, 0.5) is 0 Å². The van der Waals surface area contributed by atoms with Gasteiger partial charge in [0, 0.05) is 23.9 Å². The van der Waals surface area contributed by atoms with Gasteiger partial charge in [0.1, 0.15) is 15.8 Å². The SMILES string of the molecule is Cc1cc(-c2nn(-c3ccccc3)cc2C=C2SC(=S)N(CC(C)C)C2=O)ccc1OC(C)C. The first kappa shape index (κ1) is 24.2. The van der Waals surface area contributed by atoms with Crippen molar-refractivity contribution in [2.24, 2.45) is 5.92 Å². The van der Waals surface area contributed by atoms with Crippen LogP contribution in [-0.2, 0) is 4.79 Å². The number of benzene rings is 2. The van der Waals surface area contributed by atoms with Crippen LogP contribution in [0.2, 0.25) is 0 Å². The van der Waals surface area contributed by atoms with Crippen molar-refractivity contribution in [2.75, 3.05) is 6.54 Å². The predicted molar refractivity (Wildman–Crippen MR) is 144 cm³/mol. The summed E-state index contributed by atoms with van der Waals surface area (Å²) in [4.78, 5) is 15.4. The number of aromatic nitrogens is 2. The second-order valence-electron chi connectivity index (χ2n) is 9.05. The van der Waals surface area contributed by atoms with Crippen LogP contribution in [0, 0.1) is 12.8 Å². The number of rotatable bonds is 7. The Hall–Kier alpha value is -2.90. The fourth-order valence-electron chi connectivity index (χ4n) is 3.78. The second-order valence-corrected chi connectivity index (χ2v) is 10.7. The summed E-state index contributed by atoms with van der Waals surface area (Å²) in [7, 11) is 0. The number of amides is 1. The number of carbonyl (C=O) groups excluding carboxylic acids is 1. The van der Waals surface area contributed by atoms with Crippen molar-refractivity contribution in [1.82, 2.24) is 14.7 Å². The van der Waals surface area contributed by atoms with Gasteiger partial charge in [-0.25, -0.2) is 4.68 Å². The van der Waals surface area contributed by atoms with E-state index in [0.29, 0.717) is 21.7 Å². The van der Waals surface area contributed by atoms with Gasteiger partial charge in [-0.05, 0) is 68.7 Å². The van der Waals surface area contributed by atoms with Crippen LogP contribution in [-0.4, -0.2) is 37.6 Å². The lowest BCUT2D eigenvalue weighted by Gasteiger charge is -2.16. The van der Waals surface area contributed by atoms with E-state index in [2.05, 4.69) is 19.9 Å². The Kier molecular flexibility index (Phi) is 7.24. The molecule has 4 rings (SSSR count). The van der Waals surface area contributed by atoms with Crippen molar-refractivity contribution >= 4 is 40.3 Å². The molecular formula is C27H29N3O2S2. The maximum Gasteiger partial charge on any atom is 0.266 e. The summed E-state index contributed by atoms with van der Waals surface area (Å²) >= 11 is 6.85. The van der Waals surface area contributed by atoms with E-state index in [9.17, 15) is 4.79 Å². The first-order valence-corrected chi connectivity index (χ1v) is 12.6. The van der Waals surface area contributed by atoms with E-state index in [1.807, 2.05) is 80.2 Å². The molecule has 1 aliphatic rings. The largest absolute Gasteiger partial charge is 0.491 e. The van der Waals surface area contributed by atoms with Crippen molar-refractivity contribution in [3.8, 4) is 22.7 Å². The van der Waals surface area contributed by atoms with Crippen LogP contribution in [0.15, 0.2) is 59.6 Å². The van der Waals surface area contributed by atoms with Gasteiger partial charge in [0.15, 0.2) is 0 Å². The first-order chi connectivity index (χ1) is 16.2. The number of para-hydroxylation sites is 1. The van der Waals surface area contributed by atoms with E-state index in [1.54, 1.807) is 4.90 Å². The standard InChI is InChI=1S/C27H29N3O2S2/c1-17(2)15-29-26(31)24(34-27(29)33)14-21-16-30(22-9-7-6-8-10-22)28-25(21)20-11-12-23(19(5)13-20)32-18(3)4/h6-14,16-18H,15H2,1-5H3. The summed E-state index contributed by atoms with van der Waals surface area (Å²) in [5, 5.41) is 4.90. The number of carbonyl (C=O) groups is 1. The molecule has 176 valence electrons. The predicted octanol–water partition coefficient (Wildman–Crippen LogP) is 6.49. The van der Waals surface area contributed by atoms with Crippen molar-refractivity contribution < 1.29 is 9.53 Å². The molecule has 0 spiro atoms. The van der Waals surface area contributed by atoms with E-state index in [4.69, 9.17) is 22.1 Å². The molecule has 1 fully saturated rings. The minimum Gasteiger partial charge on any atom is -0.491 e. The van der Waals surface area contributed by atoms with E-state index in [0.717, 1.165) is 33.8 Å². The van der Waals surface area contributed by atoms with Crippen LogP contribution >= 0.6 is 24.0 Å². The quantitative estimate of drug-likeness (QED) is 0.279. The van der Waals surface area contributed by atoms with Crippen LogP contribution in [0.3, 0.4) is 0 Å². The van der Waals surface area contributed by atoms with E-state index in [1.165, 1.54) is 11.8 Å². The van der Waals surface area contributed by atoms with Crippen molar-refractivity contribution in [1.29, 1.82) is 0 Å². The molecule has 2 aromatic carbocycles. The Balaban J connectivity index is 1.78. The van der Waals surface area contributed by atoms with Crippen LogP contribution in [0.5, 0.6) is 5.75 Å². The summed E-state index contributed by atoms with van der Waals surface area (Å²) in [6, 6.07) is 16.0. The van der Waals surface area contributed by atoms with Gasteiger partial charge in [-0.3, -0.25) is 9.69 Å². The molecule has 0 aliphatic carbocycles. The van der Waals surface area contributed by atoms with Gasteiger partial charge < -0.3 is 4.74 Å². The molecule has 0 radical (unpaired) electrons. The van der Waals surface area contributed by atoms with E-state index >= 15 is 0 Å². The molecule has 3 aromatic rings. The monoisotopic (exact) mass is 491 g/mol. The third kappa shape index (κ3) is 5.26. The average Bonchev–Trinajstić information content (AvgIpc) is 3.32. The summed E-state index contributed by atoms with van der Waals surface area (Å²) in [5.41, 5.74) is 4.62. The highest BCUT2D eigenvalue weighted by molar-refractivity contribution is 8.26. The second kappa shape index (κ2) is 10.2. The number of ether oxygens (including phenoxy) is 1. The molecule has 5 nitrogen and oxygen atoms in total. The molecule has 0 N–H and O–H groups in total. The minimum atomic E-state index is -0.0426. The van der Waals surface area contributed by atoms with Crippen LogP contribution in [0.1, 0.15) is 38.8 Å². The average molecular weight is 492 g/mol. The first-order valence-electron chi connectivity index (χ1n) is 11.4. The zero-order chi connectivity index (χ0) is 24.4. The Morgan fingerprint density at radius 2 is 1.85 bits per heavy atom. The molecule has 0 bridgehead atoms. The lowest BCUT2D eigenvalue weighted by Crippen LogP contribution is -2.31. The maximum atomic E-state index is 13.1. The highest BCUT2D eigenvalue weighted by Gasteiger charge is 2.32. The van der Waals surface area contributed by atoms with Crippen molar-refractivity contribution in [3.63, 3.8) is 0 Å². The Morgan fingerprint density at radius 3 is 2.50 bits per heavy atom. The number of aryl methyl sites for hydroxylation is 1. The zero-order valence-corrected chi connectivity index (χ0v) is 21.7. The molecule has 0 atom stereocenters. The van der Waals surface area contributed by atoms with E-state index in [-0.39, 0.29) is 12.0 Å².